The molecule has 37 heavy (non-hydrogen) atoms. The fourth-order valence-corrected chi connectivity index (χ4v) is 6.29. The second kappa shape index (κ2) is 8.89. The minimum atomic E-state index is -0.246. The monoisotopic (exact) mass is 535 g/mol. The van der Waals surface area contributed by atoms with E-state index in [9.17, 15) is 4.39 Å². The van der Waals surface area contributed by atoms with Gasteiger partial charge in [0.15, 0.2) is 5.82 Å². The summed E-state index contributed by atoms with van der Waals surface area (Å²) in [4.78, 5) is 20.6. The average molecular weight is 536 g/mol. The minimum Gasteiger partial charge on any atom is -0.355 e. The van der Waals surface area contributed by atoms with Crippen molar-refractivity contribution in [1.29, 1.82) is 0 Å². The molecule has 1 fully saturated rings. The van der Waals surface area contributed by atoms with Gasteiger partial charge in [0, 0.05) is 36.7 Å². The topological polar surface area (TPSA) is 72.1 Å². The van der Waals surface area contributed by atoms with E-state index in [1.807, 2.05) is 29.6 Å². The number of fused-ring (bicyclic) bond motifs is 3. The molecule has 0 amide bonds. The molecule has 1 aliphatic heterocycles. The molecule has 4 aromatic heterocycles. The fraction of sp³-hybridized carbons (Fsp3) is 0.296. The third kappa shape index (κ3) is 3.81. The van der Waals surface area contributed by atoms with E-state index in [0.717, 1.165) is 83.8 Å². The molecular formula is C27H24Cl2FN7. The van der Waals surface area contributed by atoms with Crippen LogP contribution in [0.25, 0.3) is 27.8 Å². The van der Waals surface area contributed by atoms with Crippen LogP contribution in [0.1, 0.15) is 29.8 Å². The first-order valence-corrected chi connectivity index (χ1v) is 12.5. The molecular weight excluding hydrogens is 512 g/mol. The van der Waals surface area contributed by atoms with Gasteiger partial charge in [0.2, 0.25) is 0 Å². The maximum absolute atomic E-state index is 13.7. The summed E-state index contributed by atoms with van der Waals surface area (Å²) in [6.45, 7) is 3.77. The zero-order valence-electron chi connectivity index (χ0n) is 20.2. The molecule has 0 radical (unpaired) electrons. The molecule has 1 saturated heterocycles. The van der Waals surface area contributed by atoms with Crippen molar-refractivity contribution in [3.05, 3.63) is 76.8 Å². The minimum absolute atomic E-state index is 0. The summed E-state index contributed by atoms with van der Waals surface area (Å²) in [5, 5.41) is 5.19. The Labute approximate surface area is 224 Å². The smallest absolute Gasteiger partial charge is 0.155 e. The van der Waals surface area contributed by atoms with E-state index in [0.29, 0.717) is 10.5 Å². The Kier molecular flexibility index (Phi) is 5.76. The Balaban J connectivity index is 0.00000252. The Bertz CT molecular complexity index is 1660. The molecule has 10 heteroatoms. The number of benzene rings is 1. The highest BCUT2D eigenvalue weighted by Crippen LogP contribution is 2.45. The van der Waals surface area contributed by atoms with Gasteiger partial charge in [-0.2, -0.15) is 5.10 Å². The van der Waals surface area contributed by atoms with Crippen LogP contribution in [0.4, 0.5) is 10.2 Å². The Morgan fingerprint density at radius 1 is 1.00 bits per heavy atom. The molecule has 0 saturated carbocycles. The first-order valence-electron chi connectivity index (χ1n) is 12.1. The van der Waals surface area contributed by atoms with Crippen LogP contribution in [0, 0.1) is 18.2 Å². The lowest BCUT2D eigenvalue weighted by atomic mass is 9.76. The highest BCUT2D eigenvalue weighted by Gasteiger charge is 2.41. The van der Waals surface area contributed by atoms with Gasteiger partial charge in [-0.25, -0.2) is 13.9 Å². The number of aromatic nitrogens is 6. The lowest BCUT2D eigenvalue weighted by Gasteiger charge is -2.40. The van der Waals surface area contributed by atoms with Crippen molar-refractivity contribution in [3.63, 3.8) is 0 Å². The third-order valence-electron chi connectivity index (χ3n) is 7.79. The van der Waals surface area contributed by atoms with E-state index in [1.165, 1.54) is 6.20 Å². The highest BCUT2D eigenvalue weighted by atomic mass is 35.5. The molecule has 7 rings (SSSR count). The summed E-state index contributed by atoms with van der Waals surface area (Å²) in [5.74, 6) is 0.685. The molecule has 0 bridgehead atoms. The predicted molar refractivity (Wildman–Crippen MR) is 144 cm³/mol. The summed E-state index contributed by atoms with van der Waals surface area (Å²) in [5.41, 5.74) is 7.16. The lowest BCUT2D eigenvalue weighted by molar-refractivity contribution is 0.231. The second-order valence-corrected chi connectivity index (χ2v) is 10.3. The predicted octanol–water partition coefficient (Wildman–Crippen LogP) is 5.64. The van der Waals surface area contributed by atoms with Gasteiger partial charge in [-0.3, -0.25) is 15.0 Å². The van der Waals surface area contributed by atoms with Crippen LogP contribution >= 0.6 is 24.0 Å². The molecule has 1 spiro atoms. The van der Waals surface area contributed by atoms with E-state index in [4.69, 9.17) is 16.6 Å². The molecule has 0 unspecified atom stereocenters. The van der Waals surface area contributed by atoms with Gasteiger partial charge in [0.1, 0.15) is 16.9 Å². The van der Waals surface area contributed by atoms with Gasteiger partial charge >= 0.3 is 0 Å². The van der Waals surface area contributed by atoms with Crippen molar-refractivity contribution < 1.29 is 4.39 Å². The lowest BCUT2D eigenvalue weighted by Crippen LogP contribution is -2.41. The first kappa shape index (κ1) is 24.0. The van der Waals surface area contributed by atoms with Crippen molar-refractivity contribution in [2.75, 3.05) is 18.0 Å². The van der Waals surface area contributed by atoms with Crippen LogP contribution in [0.5, 0.6) is 0 Å². The molecule has 5 heterocycles. The number of hydrogen-bond donors (Lipinski definition) is 0. The van der Waals surface area contributed by atoms with Crippen LogP contribution < -0.4 is 4.90 Å². The summed E-state index contributed by atoms with van der Waals surface area (Å²) in [6.07, 6.45) is 10.3. The number of halogens is 3. The number of nitrogens with zero attached hydrogens (tertiary/aromatic N) is 7. The third-order valence-corrected chi connectivity index (χ3v) is 8.17. The number of hydrogen-bond acceptors (Lipinski definition) is 6. The molecule has 188 valence electrons. The number of rotatable bonds is 2. The largest absolute Gasteiger partial charge is 0.355 e. The highest BCUT2D eigenvalue weighted by molar-refractivity contribution is 6.37. The zero-order valence-corrected chi connectivity index (χ0v) is 21.7. The van der Waals surface area contributed by atoms with Gasteiger partial charge < -0.3 is 4.90 Å². The molecule has 1 aliphatic carbocycles. The first-order chi connectivity index (χ1) is 17.5. The van der Waals surface area contributed by atoms with Crippen LogP contribution in [-0.2, 0) is 12.8 Å². The van der Waals surface area contributed by atoms with Crippen LogP contribution in [0.3, 0.4) is 0 Å². The average Bonchev–Trinajstić information content (AvgIpc) is 3.50. The second-order valence-electron chi connectivity index (χ2n) is 9.95. The van der Waals surface area contributed by atoms with E-state index >= 15 is 0 Å². The van der Waals surface area contributed by atoms with Crippen molar-refractivity contribution in [3.8, 4) is 11.3 Å². The van der Waals surface area contributed by atoms with E-state index in [-0.39, 0.29) is 23.6 Å². The fourth-order valence-electron chi connectivity index (χ4n) is 5.99. The van der Waals surface area contributed by atoms with Crippen molar-refractivity contribution >= 4 is 46.4 Å². The van der Waals surface area contributed by atoms with Gasteiger partial charge in [-0.15, -0.1) is 12.4 Å². The molecule has 2 aliphatic rings. The molecule has 7 nitrogen and oxygen atoms in total. The van der Waals surface area contributed by atoms with Crippen molar-refractivity contribution in [1.82, 2.24) is 29.5 Å². The van der Waals surface area contributed by atoms with Crippen molar-refractivity contribution in [2.24, 2.45) is 5.41 Å². The van der Waals surface area contributed by atoms with Crippen LogP contribution in [0.2, 0.25) is 5.02 Å². The Morgan fingerprint density at radius 3 is 2.65 bits per heavy atom. The number of aryl methyl sites for hydroxylation is 1. The number of pyridine rings is 1. The summed E-state index contributed by atoms with van der Waals surface area (Å²) < 4.78 is 15.6. The summed E-state index contributed by atoms with van der Waals surface area (Å²) >= 11 is 6.81. The van der Waals surface area contributed by atoms with Gasteiger partial charge in [-0.1, -0.05) is 11.6 Å². The SMILES string of the molecule is Cc1nc(N2CCC3(CC2)Cc2cc(F)cnc2C3)c2ccnn2c1-c1ccc2nccnc2c1Cl.Cl. The maximum atomic E-state index is 13.7. The molecule has 1 aromatic carbocycles. The maximum Gasteiger partial charge on any atom is 0.155 e. The van der Waals surface area contributed by atoms with Gasteiger partial charge in [0.05, 0.1) is 34.3 Å². The Morgan fingerprint density at radius 2 is 1.81 bits per heavy atom. The van der Waals surface area contributed by atoms with Crippen molar-refractivity contribution in [2.45, 2.75) is 32.6 Å². The standard InChI is InChI=1S/C27H23ClFN7.ClH/c1-16-25(19-2-3-20-24(23(19)28)31-9-8-30-20)36-22(4-7-33-36)26(34-16)35-10-5-27(6-11-35)13-17-12-18(29)15-32-21(17)14-27;/h2-4,7-9,12,15H,5-6,10-11,13-14H2,1H3;1H. The van der Waals surface area contributed by atoms with Crippen LogP contribution in [-0.4, -0.2) is 42.6 Å². The quantitative estimate of drug-likeness (QED) is 0.291. The number of piperidine rings is 1. The van der Waals surface area contributed by atoms with E-state index in [2.05, 4.69) is 25.0 Å². The Hall–Kier alpha value is -3.36. The summed E-state index contributed by atoms with van der Waals surface area (Å²) in [7, 11) is 0. The molecule has 0 N–H and O–H groups in total. The van der Waals surface area contributed by atoms with E-state index in [1.54, 1.807) is 24.7 Å². The molecule has 0 atom stereocenters. The normalized spacial score (nSPS) is 16.4. The van der Waals surface area contributed by atoms with Gasteiger partial charge in [0.25, 0.3) is 0 Å². The van der Waals surface area contributed by atoms with Gasteiger partial charge in [-0.05, 0) is 67.9 Å². The summed E-state index contributed by atoms with van der Waals surface area (Å²) in [6, 6.07) is 7.55. The van der Waals surface area contributed by atoms with Crippen LogP contribution in [0.15, 0.2) is 49.1 Å². The number of anilines is 1. The molecule has 5 aromatic rings. The van der Waals surface area contributed by atoms with E-state index < -0.39 is 0 Å². The zero-order chi connectivity index (χ0) is 24.4.